The summed E-state index contributed by atoms with van der Waals surface area (Å²) in [5.74, 6) is 0.793. The molecule has 148 valence electrons. The van der Waals surface area contributed by atoms with Crippen LogP contribution in [0.15, 0.2) is 36.8 Å². The van der Waals surface area contributed by atoms with Gasteiger partial charge in [0.1, 0.15) is 12.1 Å². The molecule has 3 heterocycles. The number of hydrogen-bond acceptors (Lipinski definition) is 5. The van der Waals surface area contributed by atoms with Gasteiger partial charge in [-0.2, -0.15) is 18.3 Å². The highest BCUT2D eigenvalue weighted by atomic mass is 19.4. The summed E-state index contributed by atoms with van der Waals surface area (Å²) in [4.78, 5) is 10.8. The number of nitrogens with one attached hydrogen (secondary N) is 2. The van der Waals surface area contributed by atoms with Crippen LogP contribution in [0.2, 0.25) is 0 Å². The third-order valence-corrected chi connectivity index (χ3v) is 5.17. The monoisotopic (exact) mass is 390 g/mol. The number of halogens is 3. The molecule has 3 aromatic rings. The van der Waals surface area contributed by atoms with Gasteiger partial charge in [0.25, 0.3) is 0 Å². The lowest BCUT2D eigenvalue weighted by molar-refractivity contribution is -0.137. The fraction of sp³-hybridized carbons (Fsp3) is 0.421. The number of piperidine rings is 1. The Morgan fingerprint density at radius 3 is 2.57 bits per heavy atom. The second-order valence-corrected chi connectivity index (χ2v) is 7.06. The zero-order valence-corrected chi connectivity index (χ0v) is 15.2. The van der Waals surface area contributed by atoms with Gasteiger partial charge in [-0.25, -0.2) is 9.97 Å². The van der Waals surface area contributed by atoms with E-state index in [0.717, 1.165) is 67.8 Å². The van der Waals surface area contributed by atoms with E-state index < -0.39 is 11.7 Å². The Hall–Kier alpha value is -2.68. The molecular weight excluding hydrogens is 369 g/mol. The highest BCUT2D eigenvalue weighted by molar-refractivity contribution is 5.85. The molecule has 2 aromatic heterocycles. The first kappa shape index (κ1) is 18.7. The number of hydrogen-bond donors (Lipinski definition) is 2. The van der Waals surface area contributed by atoms with Gasteiger partial charge in [-0.15, -0.1) is 0 Å². The van der Waals surface area contributed by atoms with E-state index in [4.69, 9.17) is 0 Å². The molecule has 0 radical (unpaired) electrons. The molecule has 0 atom stereocenters. The number of likely N-dealkylation sites (tertiary alicyclic amines) is 1. The van der Waals surface area contributed by atoms with E-state index >= 15 is 0 Å². The zero-order chi connectivity index (χ0) is 19.6. The first-order chi connectivity index (χ1) is 13.5. The van der Waals surface area contributed by atoms with Crippen LogP contribution in [-0.4, -0.2) is 50.7 Å². The molecule has 0 amide bonds. The largest absolute Gasteiger partial charge is 0.416 e. The third-order valence-electron chi connectivity index (χ3n) is 5.17. The maximum absolute atomic E-state index is 12.6. The van der Waals surface area contributed by atoms with Crippen LogP contribution >= 0.6 is 0 Å². The van der Waals surface area contributed by atoms with Crippen LogP contribution in [0, 0.1) is 0 Å². The number of nitrogens with zero attached hydrogens (tertiary/aromatic N) is 4. The number of alkyl halides is 3. The van der Waals surface area contributed by atoms with Crippen LogP contribution in [0.5, 0.6) is 0 Å². The molecule has 2 N–H and O–H groups in total. The highest BCUT2D eigenvalue weighted by Crippen LogP contribution is 2.29. The maximum Gasteiger partial charge on any atom is 0.416 e. The molecule has 0 saturated carbocycles. The Balaban J connectivity index is 1.26. The van der Waals surface area contributed by atoms with Gasteiger partial charge in [-0.1, -0.05) is 12.1 Å². The van der Waals surface area contributed by atoms with Crippen molar-refractivity contribution in [1.82, 2.24) is 25.1 Å². The lowest BCUT2D eigenvalue weighted by atomic mass is 10.0. The summed E-state index contributed by atoms with van der Waals surface area (Å²) >= 11 is 0. The molecule has 1 aromatic carbocycles. The molecule has 1 fully saturated rings. The minimum absolute atomic E-state index is 0.329. The van der Waals surface area contributed by atoms with Crippen LogP contribution in [0.3, 0.4) is 0 Å². The molecule has 1 saturated heterocycles. The third kappa shape index (κ3) is 4.24. The van der Waals surface area contributed by atoms with E-state index in [-0.39, 0.29) is 0 Å². The zero-order valence-electron chi connectivity index (χ0n) is 15.2. The lowest BCUT2D eigenvalue weighted by Crippen LogP contribution is -2.40. The van der Waals surface area contributed by atoms with Crippen molar-refractivity contribution in [2.24, 2.45) is 0 Å². The van der Waals surface area contributed by atoms with Crippen molar-refractivity contribution in [2.75, 3.05) is 25.0 Å². The minimum atomic E-state index is -4.28. The van der Waals surface area contributed by atoms with Crippen LogP contribution in [0.1, 0.15) is 24.0 Å². The van der Waals surface area contributed by atoms with Gasteiger partial charge in [0.05, 0.1) is 17.1 Å². The second-order valence-electron chi connectivity index (χ2n) is 7.06. The van der Waals surface area contributed by atoms with Crippen molar-refractivity contribution in [1.29, 1.82) is 0 Å². The van der Waals surface area contributed by atoms with Gasteiger partial charge >= 0.3 is 6.18 Å². The van der Waals surface area contributed by atoms with Crippen molar-refractivity contribution in [3.05, 3.63) is 47.9 Å². The summed E-state index contributed by atoms with van der Waals surface area (Å²) in [5.41, 5.74) is 1.04. The van der Waals surface area contributed by atoms with Gasteiger partial charge in [0.15, 0.2) is 5.65 Å². The molecule has 0 spiro atoms. The normalized spacial score (nSPS) is 16.5. The Bertz CT molecular complexity index is 913. The molecule has 1 aliphatic heterocycles. The van der Waals surface area contributed by atoms with Gasteiger partial charge in [-0.3, -0.25) is 5.10 Å². The maximum atomic E-state index is 12.6. The summed E-state index contributed by atoms with van der Waals surface area (Å²) in [5, 5.41) is 11.2. The first-order valence-corrected chi connectivity index (χ1v) is 9.28. The second kappa shape index (κ2) is 7.75. The average Bonchev–Trinajstić information content (AvgIpc) is 3.17. The SMILES string of the molecule is FC(F)(F)c1ccc(CCN2CCC(Nc3ncnc4[nH]ncc34)CC2)cc1. The van der Waals surface area contributed by atoms with Crippen molar-refractivity contribution < 1.29 is 13.2 Å². The number of aromatic nitrogens is 4. The van der Waals surface area contributed by atoms with Gasteiger partial charge in [-0.05, 0) is 37.0 Å². The molecule has 1 aliphatic rings. The molecule has 9 heteroatoms. The van der Waals surface area contributed by atoms with Crippen LogP contribution in [0.4, 0.5) is 19.0 Å². The summed E-state index contributed by atoms with van der Waals surface area (Å²) in [7, 11) is 0. The van der Waals surface area contributed by atoms with E-state index in [0.29, 0.717) is 11.7 Å². The van der Waals surface area contributed by atoms with Gasteiger partial charge in [0.2, 0.25) is 0 Å². The molecule has 6 nitrogen and oxygen atoms in total. The predicted octanol–water partition coefficient (Wildman–Crippen LogP) is 3.49. The fourth-order valence-electron chi connectivity index (χ4n) is 3.52. The van der Waals surface area contributed by atoms with Crippen LogP contribution < -0.4 is 5.32 Å². The van der Waals surface area contributed by atoms with E-state index in [9.17, 15) is 13.2 Å². The minimum Gasteiger partial charge on any atom is -0.367 e. The van der Waals surface area contributed by atoms with E-state index in [2.05, 4.69) is 30.4 Å². The quantitative estimate of drug-likeness (QED) is 0.698. The predicted molar refractivity (Wildman–Crippen MR) is 99.9 cm³/mol. The number of fused-ring (bicyclic) bond motifs is 1. The smallest absolute Gasteiger partial charge is 0.367 e. The number of aromatic amines is 1. The summed E-state index contributed by atoms with van der Waals surface area (Å²) in [6.45, 7) is 2.73. The Kier molecular flexibility index (Phi) is 5.17. The molecule has 0 unspecified atom stereocenters. The summed E-state index contributed by atoms with van der Waals surface area (Å²) in [6, 6.07) is 5.79. The Morgan fingerprint density at radius 1 is 1.11 bits per heavy atom. The Morgan fingerprint density at radius 2 is 1.86 bits per heavy atom. The molecule has 0 bridgehead atoms. The van der Waals surface area contributed by atoms with Crippen molar-refractivity contribution >= 4 is 16.9 Å². The van der Waals surface area contributed by atoms with Crippen molar-refractivity contribution in [3.8, 4) is 0 Å². The summed E-state index contributed by atoms with van der Waals surface area (Å²) in [6.07, 6.45) is 1.67. The molecule has 4 rings (SSSR count). The molecule has 0 aliphatic carbocycles. The molecule has 28 heavy (non-hydrogen) atoms. The number of anilines is 1. The number of benzene rings is 1. The lowest BCUT2D eigenvalue weighted by Gasteiger charge is -2.32. The van der Waals surface area contributed by atoms with Gasteiger partial charge in [0, 0.05) is 25.7 Å². The van der Waals surface area contributed by atoms with Gasteiger partial charge < -0.3 is 10.2 Å². The van der Waals surface area contributed by atoms with Crippen LogP contribution in [-0.2, 0) is 12.6 Å². The topological polar surface area (TPSA) is 69.7 Å². The average molecular weight is 390 g/mol. The summed E-state index contributed by atoms with van der Waals surface area (Å²) < 4.78 is 37.9. The highest BCUT2D eigenvalue weighted by Gasteiger charge is 2.30. The Labute approximate surface area is 160 Å². The van der Waals surface area contributed by atoms with Crippen molar-refractivity contribution in [2.45, 2.75) is 31.5 Å². The van der Waals surface area contributed by atoms with E-state index in [1.54, 1.807) is 18.3 Å². The number of H-pyrrole nitrogens is 1. The van der Waals surface area contributed by atoms with E-state index in [1.165, 1.54) is 6.33 Å². The van der Waals surface area contributed by atoms with E-state index in [1.807, 2.05) is 0 Å². The van der Waals surface area contributed by atoms with Crippen molar-refractivity contribution in [3.63, 3.8) is 0 Å². The first-order valence-electron chi connectivity index (χ1n) is 9.28. The number of rotatable bonds is 5. The molecular formula is C19H21F3N6. The standard InChI is InChI=1S/C19H21F3N6/c20-19(21,22)14-3-1-13(2-4-14)5-8-28-9-6-15(7-10-28)26-17-16-11-25-27-18(16)24-12-23-17/h1-4,11-12,15H,5-10H2,(H2,23,24,25,26,27). The van der Waals surface area contributed by atoms with Crippen LogP contribution in [0.25, 0.3) is 11.0 Å². The fourth-order valence-corrected chi connectivity index (χ4v) is 3.52.